The summed E-state index contributed by atoms with van der Waals surface area (Å²) >= 11 is 0. The third-order valence-electron chi connectivity index (χ3n) is 5.52. The van der Waals surface area contributed by atoms with Gasteiger partial charge in [0.25, 0.3) is 11.4 Å². The molecule has 5 rings (SSSR count). The van der Waals surface area contributed by atoms with Crippen LogP contribution < -0.4 is 10.3 Å². The summed E-state index contributed by atoms with van der Waals surface area (Å²) in [7, 11) is 1.59. The van der Waals surface area contributed by atoms with Gasteiger partial charge in [-0.1, -0.05) is 35.5 Å². The fourth-order valence-corrected chi connectivity index (χ4v) is 3.56. The van der Waals surface area contributed by atoms with E-state index < -0.39 is 0 Å². The Bertz CT molecular complexity index is 1500. The Balaban J connectivity index is 1.68. The average molecular weight is 424 g/mol. The molecular formula is C25H20N4O3. The number of rotatable bonds is 4. The van der Waals surface area contributed by atoms with E-state index in [1.165, 1.54) is 10.2 Å². The molecule has 0 spiro atoms. The summed E-state index contributed by atoms with van der Waals surface area (Å²) < 4.78 is 12.2. The van der Waals surface area contributed by atoms with Crippen molar-refractivity contribution < 1.29 is 9.26 Å². The van der Waals surface area contributed by atoms with E-state index in [-0.39, 0.29) is 11.4 Å². The van der Waals surface area contributed by atoms with Gasteiger partial charge >= 0.3 is 0 Å². The molecule has 2 heterocycles. The summed E-state index contributed by atoms with van der Waals surface area (Å²) in [5, 5.41) is 9.92. The molecule has 0 atom stereocenters. The lowest BCUT2D eigenvalue weighted by molar-refractivity contribution is 0.414. The largest absolute Gasteiger partial charge is 0.497 e. The molecule has 0 aliphatic carbocycles. The van der Waals surface area contributed by atoms with E-state index >= 15 is 0 Å². The topological polar surface area (TPSA) is 83.0 Å². The highest BCUT2D eigenvalue weighted by Crippen LogP contribution is 2.27. The van der Waals surface area contributed by atoms with Crippen LogP contribution in [0.2, 0.25) is 0 Å². The second-order valence-electron chi connectivity index (χ2n) is 7.53. The van der Waals surface area contributed by atoms with E-state index in [2.05, 4.69) is 22.2 Å². The molecule has 3 aromatic carbocycles. The Morgan fingerprint density at radius 1 is 0.906 bits per heavy atom. The number of ether oxygens (including phenoxy) is 1. The smallest absolute Gasteiger partial charge is 0.279 e. The van der Waals surface area contributed by atoms with Gasteiger partial charge < -0.3 is 9.26 Å². The van der Waals surface area contributed by atoms with Gasteiger partial charge in [0.1, 0.15) is 5.75 Å². The Hall–Kier alpha value is -4.26. The zero-order valence-electron chi connectivity index (χ0n) is 17.9. The van der Waals surface area contributed by atoms with E-state index in [0.717, 1.165) is 11.1 Å². The Labute approximate surface area is 183 Å². The predicted molar refractivity (Wildman–Crippen MR) is 122 cm³/mol. The van der Waals surface area contributed by atoms with Crippen molar-refractivity contribution in [3.63, 3.8) is 0 Å². The molecule has 0 amide bonds. The number of methoxy groups -OCH3 is 1. The normalized spacial score (nSPS) is 11.1. The Morgan fingerprint density at radius 2 is 1.66 bits per heavy atom. The molecule has 0 saturated heterocycles. The van der Waals surface area contributed by atoms with Gasteiger partial charge in [0.2, 0.25) is 5.82 Å². The van der Waals surface area contributed by atoms with Crippen LogP contribution in [0.5, 0.6) is 5.75 Å². The van der Waals surface area contributed by atoms with Gasteiger partial charge in [0.15, 0.2) is 5.69 Å². The first-order valence-electron chi connectivity index (χ1n) is 10.1. The lowest BCUT2D eigenvalue weighted by Gasteiger charge is -2.09. The minimum absolute atomic E-state index is 0.233. The number of nitrogens with zero attached hydrogens (tertiary/aromatic N) is 4. The van der Waals surface area contributed by atoms with Gasteiger partial charge in [-0.2, -0.15) is 14.8 Å². The standard InChI is InChI=1S/C25H20N4O3/c1-15-8-9-17(14-16(15)2)23-26-24(32-28-23)22-20-6-4-5-7-21(20)25(30)29(27-22)18-10-12-19(31-3)13-11-18/h4-14H,1-3H3. The number of benzene rings is 3. The Morgan fingerprint density at radius 3 is 2.38 bits per heavy atom. The zero-order valence-corrected chi connectivity index (χ0v) is 17.9. The van der Waals surface area contributed by atoms with Crippen molar-refractivity contribution in [2.45, 2.75) is 13.8 Å². The summed E-state index contributed by atoms with van der Waals surface area (Å²) in [6.45, 7) is 4.10. The highest BCUT2D eigenvalue weighted by molar-refractivity contribution is 5.92. The van der Waals surface area contributed by atoms with Crippen molar-refractivity contribution in [1.82, 2.24) is 19.9 Å². The van der Waals surface area contributed by atoms with Gasteiger partial charge in [-0.3, -0.25) is 4.79 Å². The maximum absolute atomic E-state index is 13.2. The molecule has 0 N–H and O–H groups in total. The van der Waals surface area contributed by atoms with Crippen LogP contribution in [0.15, 0.2) is 76.0 Å². The van der Waals surface area contributed by atoms with Crippen LogP contribution in [0.1, 0.15) is 11.1 Å². The molecule has 0 fully saturated rings. The van der Waals surface area contributed by atoms with Crippen molar-refractivity contribution in [1.29, 1.82) is 0 Å². The molecule has 0 saturated carbocycles. The van der Waals surface area contributed by atoms with Crippen LogP contribution in [-0.4, -0.2) is 27.0 Å². The first kappa shape index (κ1) is 19.7. The van der Waals surface area contributed by atoms with Crippen molar-refractivity contribution in [2.24, 2.45) is 0 Å². The summed E-state index contributed by atoms with van der Waals surface area (Å²) in [6, 6.07) is 20.4. The monoisotopic (exact) mass is 424 g/mol. The fraction of sp³-hybridized carbons (Fsp3) is 0.120. The molecule has 5 aromatic rings. The third kappa shape index (κ3) is 3.33. The molecule has 0 aliphatic rings. The molecule has 7 heteroatoms. The highest BCUT2D eigenvalue weighted by atomic mass is 16.5. The highest BCUT2D eigenvalue weighted by Gasteiger charge is 2.19. The van der Waals surface area contributed by atoms with E-state index in [9.17, 15) is 4.79 Å². The van der Waals surface area contributed by atoms with E-state index in [1.807, 2.05) is 43.3 Å². The maximum Gasteiger partial charge on any atom is 0.279 e. The molecule has 0 unspecified atom stereocenters. The van der Waals surface area contributed by atoms with Crippen molar-refractivity contribution in [2.75, 3.05) is 7.11 Å². The lowest BCUT2D eigenvalue weighted by Crippen LogP contribution is -2.22. The first-order valence-corrected chi connectivity index (χ1v) is 10.1. The molecule has 32 heavy (non-hydrogen) atoms. The summed E-state index contributed by atoms with van der Waals surface area (Å²) in [6.07, 6.45) is 0. The molecular weight excluding hydrogens is 404 g/mol. The number of aromatic nitrogens is 4. The van der Waals surface area contributed by atoms with Crippen LogP contribution in [0.4, 0.5) is 0 Å². The predicted octanol–water partition coefficient (Wildman–Crippen LogP) is 4.73. The van der Waals surface area contributed by atoms with Gasteiger partial charge in [0, 0.05) is 10.9 Å². The van der Waals surface area contributed by atoms with E-state index in [0.29, 0.717) is 33.7 Å². The molecule has 7 nitrogen and oxygen atoms in total. The SMILES string of the molecule is COc1ccc(-n2nc(-c3nc(-c4ccc(C)c(C)c4)no3)c3ccccc3c2=O)cc1. The second-order valence-corrected chi connectivity index (χ2v) is 7.53. The van der Waals surface area contributed by atoms with Crippen LogP contribution >= 0.6 is 0 Å². The fourth-order valence-electron chi connectivity index (χ4n) is 3.56. The molecule has 0 bridgehead atoms. The van der Waals surface area contributed by atoms with Gasteiger partial charge in [-0.25, -0.2) is 0 Å². The molecule has 2 aromatic heterocycles. The van der Waals surface area contributed by atoms with Crippen LogP contribution in [-0.2, 0) is 0 Å². The quantitative estimate of drug-likeness (QED) is 0.415. The van der Waals surface area contributed by atoms with E-state index in [1.54, 1.807) is 37.4 Å². The van der Waals surface area contributed by atoms with Gasteiger partial charge in [-0.05, 0) is 61.4 Å². The maximum atomic E-state index is 13.2. The van der Waals surface area contributed by atoms with E-state index in [4.69, 9.17) is 9.26 Å². The van der Waals surface area contributed by atoms with Crippen molar-refractivity contribution in [3.05, 3.63) is 88.2 Å². The summed E-state index contributed by atoms with van der Waals surface area (Å²) in [5.41, 5.74) is 4.01. The van der Waals surface area contributed by atoms with Gasteiger partial charge in [-0.15, -0.1) is 0 Å². The Kier molecular flexibility index (Phi) is 4.78. The second kappa shape index (κ2) is 7.77. The lowest BCUT2D eigenvalue weighted by atomic mass is 10.1. The zero-order chi connectivity index (χ0) is 22.2. The van der Waals surface area contributed by atoms with Gasteiger partial charge in [0.05, 0.1) is 18.2 Å². The van der Waals surface area contributed by atoms with Crippen molar-refractivity contribution >= 4 is 10.8 Å². The number of hydrogen-bond acceptors (Lipinski definition) is 6. The summed E-state index contributed by atoms with van der Waals surface area (Å²) in [4.78, 5) is 17.8. The number of aryl methyl sites for hydroxylation is 2. The van der Waals surface area contributed by atoms with Crippen molar-refractivity contribution in [3.8, 4) is 34.4 Å². The average Bonchev–Trinajstić information content (AvgIpc) is 3.31. The third-order valence-corrected chi connectivity index (χ3v) is 5.52. The molecule has 0 radical (unpaired) electrons. The summed E-state index contributed by atoms with van der Waals surface area (Å²) in [5.74, 6) is 1.41. The van der Waals surface area contributed by atoms with Crippen LogP contribution in [0.25, 0.3) is 39.4 Å². The van der Waals surface area contributed by atoms with Crippen LogP contribution in [0.3, 0.4) is 0 Å². The number of hydrogen-bond donors (Lipinski definition) is 0. The minimum atomic E-state index is -0.233. The first-order chi connectivity index (χ1) is 15.5. The molecule has 0 aliphatic heterocycles. The molecule has 158 valence electrons. The minimum Gasteiger partial charge on any atom is -0.497 e. The number of fused-ring (bicyclic) bond motifs is 1. The van der Waals surface area contributed by atoms with Crippen LogP contribution in [0, 0.1) is 13.8 Å².